The van der Waals surface area contributed by atoms with Gasteiger partial charge >= 0.3 is 0 Å². The van der Waals surface area contributed by atoms with Crippen molar-refractivity contribution >= 4 is 21.4 Å². The minimum absolute atomic E-state index is 0.0687. The van der Waals surface area contributed by atoms with E-state index in [9.17, 15) is 8.42 Å². The second kappa shape index (κ2) is 7.04. The van der Waals surface area contributed by atoms with Gasteiger partial charge in [-0.15, -0.1) is 0 Å². The average molecular weight is 350 g/mol. The van der Waals surface area contributed by atoms with Gasteiger partial charge in [0, 0.05) is 24.2 Å². The van der Waals surface area contributed by atoms with Crippen molar-refractivity contribution in [2.24, 2.45) is 0 Å². The third-order valence-electron chi connectivity index (χ3n) is 4.23. The Bertz CT molecular complexity index is 762. The quantitative estimate of drug-likeness (QED) is 0.828. The van der Waals surface area contributed by atoms with E-state index in [2.05, 4.69) is 17.0 Å². The number of nitrogens with zero attached hydrogens (tertiary/aromatic N) is 1. The lowest BCUT2D eigenvalue weighted by molar-refractivity contribution is 0.194. The highest BCUT2D eigenvalue weighted by Gasteiger charge is 2.32. The summed E-state index contributed by atoms with van der Waals surface area (Å²) in [5, 5.41) is 0.709. The van der Waals surface area contributed by atoms with Gasteiger partial charge in [-0.05, 0) is 29.7 Å². The van der Waals surface area contributed by atoms with Crippen molar-refractivity contribution in [2.45, 2.75) is 25.6 Å². The van der Waals surface area contributed by atoms with Crippen LogP contribution in [0.1, 0.15) is 17.5 Å². The molecule has 0 unspecified atom stereocenters. The molecule has 3 nitrogen and oxygen atoms in total. The molecule has 0 N–H and O–H groups in total. The summed E-state index contributed by atoms with van der Waals surface area (Å²) in [6, 6.07) is 18.0. The summed E-state index contributed by atoms with van der Waals surface area (Å²) in [6.45, 7) is 1.45. The molecular formula is C18H20ClNO2S. The molecule has 0 radical (unpaired) electrons. The van der Waals surface area contributed by atoms with Gasteiger partial charge in [0.15, 0.2) is 9.84 Å². The van der Waals surface area contributed by atoms with Crippen LogP contribution in [0.4, 0.5) is 0 Å². The monoisotopic (exact) mass is 349 g/mol. The molecule has 1 heterocycles. The number of sulfone groups is 1. The Morgan fingerprint density at radius 2 is 1.70 bits per heavy atom. The van der Waals surface area contributed by atoms with Crippen LogP contribution in [0.5, 0.6) is 0 Å². The van der Waals surface area contributed by atoms with Gasteiger partial charge in [0.1, 0.15) is 0 Å². The number of benzene rings is 2. The maximum Gasteiger partial charge on any atom is 0.151 e. The summed E-state index contributed by atoms with van der Waals surface area (Å²) >= 11 is 6.08. The van der Waals surface area contributed by atoms with Crippen molar-refractivity contribution in [3.63, 3.8) is 0 Å². The first-order valence-corrected chi connectivity index (χ1v) is 9.95. The maximum absolute atomic E-state index is 11.9. The van der Waals surface area contributed by atoms with Gasteiger partial charge in [0.25, 0.3) is 0 Å². The van der Waals surface area contributed by atoms with Crippen molar-refractivity contribution in [3.05, 3.63) is 70.7 Å². The zero-order valence-electron chi connectivity index (χ0n) is 12.9. The van der Waals surface area contributed by atoms with Crippen LogP contribution in [0.3, 0.4) is 0 Å². The van der Waals surface area contributed by atoms with E-state index >= 15 is 0 Å². The highest BCUT2D eigenvalue weighted by atomic mass is 35.5. The summed E-state index contributed by atoms with van der Waals surface area (Å²) in [6.07, 6.45) is 0.704. The first-order valence-electron chi connectivity index (χ1n) is 7.75. The molecule has 5 heteroatoms. The van der Waals surface area contributed by atoms with Crippen molar-refractivity contribution in [1.82, 2.24) is 4.90 Å². The number of hydrogen-bond acceptors (Lipinski definition) is 3. The highest BCUT2D eigenvalue weighted by molar-refractivity contribution is 7.91. The minimum Gasteiger partial charge on any atom is -0.291 e. The van der Waals surface area contributed by atoms with E-state index in [1.54, 1.807) is 0 Å². The molecule has 1 atom stereocenters. The Morgan fingerprint density at radius 3 is 2.35 bits per heavy atom. The van der Waals surface area contributed by atoms with Crippen LogP contribution >= 0.6 is 11.6 Å². The van der Waals surface area contributed by atoms with E-state index in [4.69, 9.17) is 11.6 Å². The van der Waals surface area contributed by atoms with E-state index in [-0.39, 0.29) is 11.8 Å². The second-order valence-electron chi connectivity index (χ2n) is 6.08. The molecule has 1 saturated heterocycles. The topological polar surface area (TPSA) is 37.4 Å². The lowest BCUT2D eigenvalue weighted by Crippen LogP contribution is -2.35. The largest absolute Gasteiger partial charge is 0.291 e. The standard InChI is InChI=1S/C18H20ClNO2S/c19-17-8-4-7-16(11-17)13-20(12-15-5-2-1-3-6-15)18-9-10-23(21,22)14-18/h1-8,11,18H,9-10,12-14H2/t18-/m1/s1. The molecule has 3 rings (SSSR count). The SMILES string of the molecule is O=S1(=O)CC[C@@H](N(Cc2ccccc2)Cc2cccc(Cl)c2)C1. The molecule has 0 saturated carbocycles. The summed E-state index contributed by atoms with van der Waals surface area (Å²) < 4.78 is 23.7. The molecule has 0 aromatic heterocycles. The molecule has 0 aliphatic carbocycles. The van der Waals surface area contributed by atoms with Crippen LogP contribution in [-0.2, 0) is 22.9 Å². The van der Waals surface area contributed by atoms with Crippen LogP contribution in [0, 0.1) is 0 Å². The van der Waals surface area contributed by atoms with E-state index < -0.39 is 9.84 Å². The molecule has 122 valence electrons. The summed E-state index contributed by atoms with van der Waals surface area (Å²) in [5.41, 5.74) is 2.30. The third kappa shape index (κ3) is 4.56. The molecule has 23 heavy (non-hydrogen) atoms. The summed E-state index contributed by atoms with van der Waals surface area (Å²) in [7, 11) is -2.90. The van der Waals surface area contributed by atoms with Crippen molar-refractivity contribution in [1.29, 1.82) is 0 Å². The average Bonchev–Trinajstić information content (AvgIpc) is 2.88. The van der Waals surface area contributed by atoms with E-state index in [0.29, 0.717) is 23.7 Å². The lowest BCUT2D eigenvalue weighted by Gasteiger charge is -2.28. The predicted molar refractivity (Wildman–Crippen MR) is 94.2 cm³/mol. The third-order valence-corrected chi connectivity index (χ3v) is 6.21. The molecule has 0 bridgehead atoms. The van der Waals surface area contributed by atoms with Gasteiger partial charge < -0.3 is 0 Å². The fourth-order valence-electron chi connectivity index (χ4n) is 3.07. The molecular weight excluding hydrogens is 330 g/mol. The molecule has 2 aromatic carbocycles. The number of rotatable bonds is 5. The molecule has 2 aromatic rings. The van der Waals surface area contributed by atoms with Gasteiger partial charge in [-0.25, -0.2) is 8.42 Å². The van der Waals surface area contributed by atoms with Crippen LogP contribution in [0.25, 0.3) is 0 Å². The Hall–Kier alpha value is -1.36. The van der Waals surface area contributed by atoms with Crippen molar-refractivity contribution in [3.8, 4) is 0 Å². The number of halogens is 1. The molecule has 1 aliphatic rings. The van der Waals surface area contributed by atoms with Gasteiger partial charge in [0.2, 0.25) is 0 Å². The van der Waals surface area contributed by atoms with Crippen LogP contribution < -0.4 is 0 Å². The van der Waals surface area contributed by atoms with Crippen molar-refractivity contribution < 1.29 is 8.42 Å². The highest BCUT2D eigenvalue weighted by Crippen LogP contribution is 2.23. The second-order valence-corrected chi connectivity index (χ2v) is 8.74. The fourth-order valence-corrected chi connectivity index (χ4v) is 5.04. The van der Waals surface area contributed by atoms with Gasteiger partial charge in [0.05, 0.1) is 11.5 Å². The first-order chi connectivity index (χ1) is 11.0. The van der Waals surface area contributed by atoms with Gasteiger partial charge in [-0.2, -0.15) is 0 Å². The summed E-state index contributed by atoms with van der Waals surface area (Å²) in [4.78, 5) is 2.26. The Morgan fingerprint density at radius 1 is 1.00 bits per heavy atom. The minimum atomic E-state index is -2.90. The summed E-state index contributed by atoms with van der Waals surface area (Å²) in [5.74, 6) is 0.541. The smallest absolute Gasteiger partial charge is 0.151 e. The Kier molecular flexibility index (Phi) is 5.05. The molecule has 1 aliphatic heterocycles. The van der Waals surface area contributed by atoms with Crippen LogP contribution in [0.15, 0.2) is 54.6 Å². The van der Waals surface area contributed by atoms with Gasteiger partial charge in [-0.3, -0.25) is 4.90 Å². The lowest BCUT2D eigenvalue weighted by atomic mass is 10.1. The van der Waals surface area contributed by atoms with E-state index in [0.717, 1.165) is 12.1 Å². The molecule has 0 spiro atoms. The molecule has 1 fully saturated rings. The van der Waals surface area contributed by atoms with Crippen LogP contribution in [-0.4, -0.2) is 30.9 Å². The van der Waals surface area contributed by atoms with E-state index in [1.807, 2.05) is 42.5 Å². The van der Waals surface area contributed by atoms with E-state index in [1.165, 1.54) is 5.56 Å². The predicted octanol–water partition coefficient (Wildman–Crippen LogP) is 3.53. The molecule has 0 amide bonds. The maximum atomic E-state index is 11.9. The zero-order chi connectivity index (χ0) is 16.3. The zero-order valence-corrected chi connectivity index (χ0v) is 14.4. The van der Waals surface area contributed by atoms with Crippen LogP contribution in [0.2, 0.25) is 5.02 Å². The van der Waals surface area contributed by atoms with Gasteiger partial charge in [-0.1, -0.05) is 54.1 Å². The Labute approximate surface area is 142 Å². The fraction of sp³-hybridized carbons (Fsp3) is 0.333. The first kappa shape index (κ1) is 16.5. The van der Waals surface area contributed by atoms with Crippen molar-refractivity contribution in [2.75, 3.05) is 11.5 Å². The normalized spacial score (nSPS) is 20.0. The Balaban J connectivity index is 1.81. The number of hydrogen-bond donors (Lipinski definition) is 0.